The number of nitrogens with zero attached hydrogens (tertiary/aromatic N) is 2. The zero-order valence-corrected chi connectivity index (χ0v) is 14.2. The maximum atomic E-state index is 11.8. The van der Waals surface area contributed by atoms with E-state index in [9.17, 15) is 9.90 Å². The number of hydrogen-bond acceptors (Lipinski definition) is 4. The van der Waals surface area contributed by atoms with Gasteiger partial charge in [-0.05, 0) is 59.3 Å². The van der Waals surface area contributed by atoms with E-state index in [1.807, 2.05) is 6.92 Å². The largest absolute Gasteiger partial charge is 0.480 e. The molecule has 1 aliphatic carbocycles. The minimum absolute atomic E-state index is 0.383. The van der Waals surface area contributed by atoms with Gasteiger partial charge in [-0.15, -0.1) is 0 Å². The summed E-state index contributed by atoms with van der Waals surface area (Å²) in [6.45, 7) is 8.00. The lowest BCUT2D eigenvalue weighted by Gasteiger charge is -2.43. The number of likely N-dealkylation sites (N-methyl/N-ethyl adjacent to an activating group) is 2. The lowest BCUT2D eigenvalue weighted by Crippen LogP contribution is -2.58. The summed E-state index contributed by atoms with van der Waals surface area (Å²) in [5.74, 6) is -0.682. The van der Waals surface area contributed by atoms with E-state index >= 15 is 0 Å². The molecule has 0 amide bonds. The molecule has 5 nitrogen and oxygen atoms in total. The van der Waals surface area contributed by atoms with Crippen molar-refractivity contribution >= 4 is 5.97 Å². The van der Waals surface area contributed by atoms with E-state index in [0.29, 0.717) is 12.6 Å². The van der Waals surface area contributed by atoms with Crippen molar-refractivity contribution in [2.75, 3.05) is 40.3 Å². The molecule has 5 heteroatoms. The van der Waals surface area contributed by atoms with E-state index in [1.165, 1.54) is 0 Å². The van der Waals surface area contributed by atoms with Crippen LogP contribution < -0.4 is 5.32 Å². The Labute approximate surface area is 129 Å². The summed E-state index contributed by atoms with van der Waals surface area (Å²) in [7, 11) is 4.18. The van der Waals surface area contributed by atoms with E-state index < -0.39 is 11.5 Å². The first-order valence-electron chi connectivity index (χ1n) is 8.32. The van der Waals surface area contributed by atoms with Crippen LogP contribution in [0.5, 0.6) is 0 Å². The normalized spacial score (nSPS) is 26.5. The van der Waals surface area contributed by atoms with Crippen molar-refractivity contribution in [1.82, 2.24) is 15.1 Å². The standard InChI is InChI=1S/C16H33N3O2/c1-5-10-19(12-11-18(3)4)14-8-7-9-16(13-14,15(20)21)17-6-2/h14,17H,5-13H2,1-4H3,(H,20,21). The zero-order chi connectivity index (χ0) is 15.9. The molecule has 2 unspecified atom stereocenters. The Morgan fingerprint density at radius 1 is 1.29 bits per heavy atom. The van der Waals surface area contributed by atoms with Crippen molar-refractivity contribution < 1.29 is 9.90 Å². The Morgan fingerprint density at radius 2 is 2.00 bits per heavy atom. The van der Waals surface area contributed by atoms with Crippen LogP contribution in [0.4, 0.5) is 0 Å². The molecule has 124 valence electrons. The summed E-state index contributed by atoms with van der Waals surface area (Å²) in [6, 6.07) is 0.383. The fraction of sp³-hybridized carbons (Fsp3) is 0.938. The first-order valence-corrected chi connectivity index (χ1v) is 8.32. The summed E-state index contributed by atoms with van der Waals surface area (Å²) < 4.78 is 0. The highest BCUT2D eigenvalue weighted by molar-refractivity contribution is 5.79. The number of nitrogens with one attached hydrogen (secondary N) is 1. The third-order valence-corrected chi connectivity index (χ3v) is 4.51. The maximum absolute atomic E-state index is 11.8. The molecule has 0 bridgehead atoms. The lowest BCUT2D eigenvalue weighted by molar-refractivity contribution is -0.147. The molecule has 1 rings (SSSR count). The fourth-order valence-electron chi connectivity index (χ4n) is 3.42. The van der Waals surface area contributed by atoms with Gasteiger partial charge in [0, 0.05) is 19.1 Å². The molecule has 1 aliphatic rings. The summed E-state index contributed by atoms with van der Waals surface area (Å²) in [5.41, 5.74) is -0.720. The van der Waals surface area contributed by atoms with Gasteiger partial charge in [0.2, 0.25) is 0 Å². The molecule has 2 N–H and O–H groups in total. The van der Waals surface area contributed by atoms with Gasteiger partial charge in [0.1, 0.15) is 5.54 Å². The van der Waals surface area contributed by atoms with Crippen molar-refractivity contribution in [3.05, 3.63) is 0 Å². The Balaban J connectivity index is 2.76. The predicted molar refractivity (Wildman–Crippen MR) is 86.7 cm³/mol. The molecular formula is C16H33N3O2. The van der Waals surface area contributed by atoms with E-state index in [-0.39, 0.29) is 0 Å². The van der Waals surface area contributed by atoms with Crippen LogP contribution in [0.1, 0.15) is 46.0 Å². The third-order valence-electron chi connectivity index (χ3n) is 4.51. The van der Waals surface area contributed by atoms with Gasteiger partial charge >= 0.3 is 5.97 Å². The number of carbonyl (C=O) groups is 1. The Bertz CT molecular complexity index is 319. The van der Waals surface area contributed by atoms with Gasteiger partial charge in [0.25, 0.3) is 0 Å². The second-order valence-electron chi connectivity index (χ2n) is 6.51. The van der Waals surface area contributed by atoms with E-state index in [0.717, 1.165) is 51.7 Å². The van der Waals surface area contributed by atoms with Gasteiger partial charge in [-0.2, -0.15) is 0 Å². The minimum atomic E-state index is -0.720. The summed E-state index contributed by atoms with van der Waals surface area (Å²) in [5, 5.41) is 12.9. The average molecular weight is 299 g/mol. The molecule has 21 heavy (non-hydrogen) atoms. The Morgan fingerprint density at radius 3 is 2.52 bits per heavy atom. The van der Waals surface area contributed by atoms with Crippen molar-refractivity contribution in [3.63, 3.8) is 0 Å². The van der Waals surface area contributed by atoms with Crippen LogP contribution in [0.2, 0.25) is 0 Å². The monoisotopic (exact) mass is 299 g/mol. The van der Waals surface area contributed by atoms with Gasteiger partial charge in [-0.3, -0.25) is 9.69 Å². The van der Waals surface area contributed by atoms with Gasteiger partial charge in [-0.25, -0.2) is 0 Å². The molecule has 1 fully saturated rings. The van der Waals surface area contributed by atoms with E-state index in [2.05, 4.69) is 36.1 Å². The third kappa shape index (κ3) is 5.24. The molecule has 0 heterocycles. The number of hydrogen-bond donors (Lipinski definition) is 2. The maximum Gasteiger partial charge on any atom is 0.323 e. The van der Waals surface area contributed by atoms with Crippen LogP contribution in [0, 0.1) is 0 Å². The molecule has 0 saturated heterocycles. The summed E-state index contributed by atoms with van der Waals surface area (Å²) in [4.78, 5) is 16.5. The van der Waals surface area contributed by atoms with Crippen LogP contribution in [0.3, 0.4) is 0 Å². The fourth-order valence-corrected chi connectivity index (χ4v) is 3.42. The second-order valence-corrected chi connectivity index (χ2v) is 6.51. The van der Waals surface area contributed by atoms with Crippen molar-refractivity contribution in [3.8, 4) is 0 Å². The Hall–Kier alpha value is -0.650. The van der Waals surface area contributed by atoms with Crippen molar-refractivity contribution in [1.29, 1.82) is 0 Å². The SMILES string of the molecule is CCCN(CCN(C)C)C1CCCC(NCC)(C(=O)O)C1. The molecule has 1 saturated carbocycles. The van der Waals surface area contributed by atoms with Crippen LogP contribution in [0.25, 0.3) is 0 Å². The minimum Gasteiger partial charge on any atom is -0.480 e. The summed E-state index contributed by atoms with van der Waals surface area (Å²) in [6.07, 6.45) is 4.70. The quantitative estimate of drug-likeness (QED) is 0.678. The number of rotatable bonds is 9. The van der Waals surface area contributed by atoms with Crippen LogP contribution in [0.15, 0.2) is 0 Å². The van der Waals surface area contributed by atoms with Gasteiger partial charge in [0.05, 0.1) is 0 Å². The molecule has 0 spiro atoms. The second kappa shape index (κ2) is 8.71. The zero-order valence-electron chi connectivity index (χ0n) is 14.2. The molecule has 0 aromatic carbocycles. The molecular weight excluding hydrogens is 266 g/mol. The molecule has 0 aliphatic heterocycles. The van der Waals surface area contributed by atoms with Gasteiger partial charge < -0.3 is 15.3 Å². The van der Waals surface area contributed by atoms with Gasteiger partial charge in [0.15, 0.2) is 0 Å². The van der Waals surface area contributed by atoms with Crippen molar-refractivity contribution in [2.45, 2.75) is 57.5 Å². The molecule has 0 radical (unpaired) electrons. The van der Waals surface area contributed by atoms with Crippen LogP contribution in [-0.2, 0) is 4.79 Å². The topological polar surface area (TPSA) is 55.8 Å². The first kappa shape index (κ1) is 18.4. The van der Waals surface area contributed by atoms with E-state index in [4.69, 9.17) is 0 Å². The molecule has 2 atom stereocenters. The molecule has 0 aromatic heterocycles. The van der Waals surface area contributed by atoms with Crippen molar-refractivity contribution in [2.24, 2.45) is 0 Å². The Kier molecular flexibility index (Phi) is 7.63. The smallest absolute Gasteiger partial charge is 0.323 e. The highest BCUT2D eigenvalue weighted by Gasteiger charge is 2.43. The highest BCUT2D eigenvalue weighted by atomic mass is 16.4. The van der Waals surface area contributed by atoms with E-state index in [1.54, 1.807) is 0 Å². The lowest BCUT2D eigenvalue weighted by atomic mass is 9.78. The van der Waals surface area contributed by atoms with Crippen LogP contribution >= 0.6 is 0 Å². The average Bonchev–Trinajstić information content (AvgIpc) is 2.43. The number of aliphatic carboxylic acids is 1. The predicted octanol–water partition coefficient (Wildman–Crippen LogP) is 1.64. The van der Waals surface area contributed by atoms with Crippen LogP contribution in [-0.4, -0.2) is 72.7 Å². The highest BCUT2D eigenvalue weighted by Crippen LogP contribution is 2.31. The molecule has 0 aromatic rings. The van der Waals surface area contributed by atoms with Gasteiger partial charge in [-0.1, -0.05) is 13.8 Å². The summed E-state index contributed by atoms with van der Waals surface area (Å²) >= 11 is 0. The number of carboxylic acids is 1. The first-order chi connectivity index (χ1) is 9.95. The number of carboxylic acid groups (broad SMARTS) is 1.